The van der Waals surface area contributed by atoms with Crippen LogP contribution in [0.4, 0.5) is 0 Å². The minimum atomic E-state index is -1.19. The molecule has 20 heavy (non-hydrogen) atoms. The normalized spacial score (nSPS) is 39.2. The Morgan fingerprint density at radius 3 is 2.45 bits per heavy atom. The van der Waals surface area contributed by atoms with Crippen molar-refractivity contribution in [2.24, 2.45) is 23.7 Å². The Balaban J connectivity index is 1.60. The molecule has 0 amide bonds. The molecule has 3 aliphatic carbocycles. The summed E-state index contributed by atoms with van der Waals surface area (Å²) in [5.74, 6) is 1.86. The first kappa shape index (κ1) is 12.5. The molecule has 4 rings (SSSR count). The molecule has 0 radical (unpaired) electrons. The maximum Gasteiger partial charge on any atom is 0.152 e. The Hall–Kier alpha value is -1.22. The summed E-state index contributed by atoms with van der Waals surface area (Å²) in [6.07, 6.45) is 6.44. The van der Waals surface area contributed by atoms with E-state index in [1.54, 1.807) is 0 Å². The summed E-state index contributed by atoms with van der Waals surface area (Å²) < 4.78 is 12.7. The number of benzene rings is 1. The smallest absolute Gasteiger partial charge is 0.152 e. The fraction of sp³-hybridized carbons (Fsp3) is 0.471. The highest BCUT2D eigenvalue weighted by Gasteiger charge is 2.56. The molecule has 6 atom stereocenters. The second-order valence-electron chi connectivity index (χ2n) is 6.38. The molecule has 0 aliphatic heterocycles. The average molecular weight is 286 g/mol. The van der Waals surface area contributed by atoms with E-state index < -0.39 is 10.8 Å². The van der Waals surface area contributed by atoms with Crippen molar-refractivity contribution < 1.29 is 9.00 Å². The van der Waals surface area contributed by atoms with Crippen LogP contribution >= 0.6 is 0 Å². The zero-order chi connectivity index (χ0) is 13.9. The third-order valence-corrected chi connectivity index (χ3v) is 6.94. The maximum atomic E-state index is 12.7. The van der Waals surface area contributed by atoms with Crippen LogP contribution in [0.1, 0.15) is 18.4 Å². The lowest BCUT2D eigenvalue weighted by atomic mass is 9.86. The first-order valence-electron chi connectivity index (χ1n) is 7.34. The molecule has 3 aliphatic rings. The van der Waals surface area contributed by atoms with E-state index in [9.17, 15) is 9.00 Å². The topological polar surface area (TPSA) is 34.1 Å². The van der Waals surface area contributed by atoms with Crippen molar-refractivity contribution in [1.29, 1.82) is 0 Å². The van der Waals surface area contributed by atoms with Gasteiger partial charge in [-0.1, -0.05) is 29.8 Å². The Morgan fingerprint density at radius 2 is 1.75 bits per heavy atom. The monoisotopic (exact) mass is 286 g/mol. The fourth-order valence-electron chi connectivity index (χ4n) is 4.28. The fourth-order valence-corrected chi connectivity index (χ4v) is 5.77. The number of carbonyl (C=O) groups is 1. The molecule has 0 spiro atoms. The number of carbonyl (C=O) groups excluding carboxylic acids is 1. The Kier molecular flexibility index (Phi) is 2.75. The molecule has 0 heterocycles. The van der Waals surface area contributed by atoms with Crippen LogP contribution in [0.3, 0.4) is 0 Å². The standard InChI is InChI=1S/C17H18O2S/c1-10-2-6-13(7-3-10)20(19)15-9-14-11-4-5-12(8-11)16(14)17(15)18/h2-7,11-12,14-16H,8-9H2,1H3/t11-,12+,14-,15?,16+,20+/m1/s1. The third kappa shape index (κ3) is 1.69. The Labute approximate surface area is 121 Å². The molecule has 3 heteroatoms. The van der Waals surface area contributed by atoms with Gasteiger partial charge in [0.25, 0.3) is 0 Å². The number of rotatable bonds is 2. The number of hydrogen-bond acceptors (Lipinski definition) is 2. The Bertz CT molecular complexity index is 616. The summed E-state index contributed by atoms with van der Waals surface area (Å²) in [5.41, 5.74) is 1.16. The van der Waals surface area contributed by atoms with E-state index in [1.165, 1.54) is 0 Å². The van der Waals surface area contributed by atoms with Gasteiger partial charge in [0.05, 0.1) is 16.0 Å². The van der Waals surface area contributed by atoms with Crippen LogP contribution in [-0.2, 0) is 15.6 Å². The molecule has 2 bridgehead atoms. The molecule has 0 saturated heterocycles. The lowest BCUT2D eigenvalue weighted by Crippen LogP contribution is -2.26. The van der Waals surface area contributed by atoms with Gasteiger partial charge in [0.1, 0.15) is 0 Å². The van der Waals surface area contributed by atoms with Gasteiger partial charge >= 0.3 is 0 Å². The van der Waals surface area contributed by atoms with Gasteiger partial charge in [-0.15, -0.1) is 0 Å². The van der Waals surface area contributed by atoms with E-state index in [-0.39, 0.29) is 17.0 Å². The van der Waals surface area contributed by atoms with Crippen LogP contribution in [0.25, 0.3) is 0 Å². The highest BCUT2D eigenvalue weighted by atomic mass is 32.2. The van der Waals surface area contributed by atoms with Crippen molar-refractivity contribution in [2.75, 3.05) is 0 Å². The number of allylic oxidation sites excluding steroid dienone is 2. The third-order valence-electron chi connectivity index (χ3n) is 5.27. The lowest BCUT2D eigenvalue weighted by Gasteiger charge is -2.17. The zero-order valence-corrected chi connectivity index (χ0v) is 12.3. The number of fused-ring (bicyclic) bond motifs is 5. The molecule has 0 N–H and O–H groups in total. The van der Waals surface area contributed by atoms with Gasteiger partial charge in [-0.25, -0.2) is 0 Å². The summed E-state index contributed by atoms with van der Waals surface area (Å²) in [7, 11) is -1.19. The predicted octanol–water partition coefficient (Wildman–Crippen LogP) is 2.88. The predicted molar refractivity (Wildman–Crippen MR) is 78.7 cm³/mol. The maximum absolute atomic E-state index is 12.7. The van der Waals surface area contributed by atoms with Crippen molar-refractivity contribution in [1.82, 2.24) is 0 Å². The SMILES string of the molecule is Cc1ccc([S@](=O)C2C[C@H]3[C@@H](C2=O)[C@H]2C=C[C@@H]3C2)cc1. The van der Waals surface area contributed by atoms with Crippen molar-refractivity contribution in [2.45, 2.75) is 29.9 Å². The minimum Gasteiger partial charge on any atom is -0.298 e. The molecule has 0 aromatic heterocycles. The molecule has 1 aromatic carbocycles. The van der Waals surface area contributed by atoms with Crippen LogP contribution < -0.4 is 0 Å². The van der Waals surface area contributed by atoms with Crippen LogP contribution in [0.2, 0.25) is 0 Å². The second-order valence-corrected chi connectivity index (χ2v) is 8.01. The average Bonchev–Trinajstić information content (AvgIpc) is 3.12. The van der Waals surface area contributed by atoms with Gasteiger partial charge < -0.3 is 0 Å². The molecular weight excluding hydrogens is 268 g/mol. The number of aryl methyl sites for hydroxylation is 1. The van der Waals surface area contributed by atoms with Gasteiger partial charge in [0.2, 0.25) is 0 Å². The molecule has 104 valence electrons. The lowest BCUT2D eigenvalue weighted by molar-refractivity contribution is -0.121. The minimum absolute atomic E-state index is 0.157. The van der Waals surface area contributed by atoms with Gasteiger partial charge in [0, 0.05) is 10.8 Å². The quantitative estimate of drug-likeness (QED) is 0.783. The number of ketones is 1. The highest BCUT2D eigenvalue weighted by Crippen LogP contribution is 2.55. The van der Waals surface area contributed by atoms with Crippen molar-refractivity contribution in [3.05, 3.63) is 42.0 Å². The number of hydrogen-bond donors (Lipinski definition) is 0. The van der Waals surface area contributed by atoms with Crippen LogP contribution in [-0.4, -0.2) is 15.2 Å². The van der Waals surface area contributed by atoms with E-state index in [2.05, 4.69) is 12.2 Å². The summed E-state index contributed by atoms with van der Waals surface area (Å²) >= 11 is 0. The molecule has 2 fully saturated rings. The van der Waals surface area contributed by atoms with Crippen LogP contribution in [0, 0.1) is 30.6 Å². The summed E-state index contributed by atoms with van der Waals surface area (Å²) in [6, 6.07) is 7.75. The molecule has 2 saturated carbocycles. The van der Waals surface area contributed by atoms with Gasteiger partial charge in [-0.05, 0) is 49.7 Å². The van der Waals surface area contributed by atoms with E-state index >= 15 is 0 Å². The van der Waals surface area contributed by atoms with Crippen LogP contribution in [0.15, 0.2) is 41.3 Å². The number of Topliss-reactive ketones (excluding diaryl/α,β-unsaturated/α-hetero) is 1. The zero-order valence-electron chi connectivity index (χ0n) is 11.5. The summed E-state index contributed by atoms with van der Waals surface area (Å²) in [5, 5.41) is -0.280. The highest BCUT2D eigenvalue weighted by molar-refractivity contribution is 7.86. The van der Waals surface area contributed by atoms with E-state index in [4.69, 9.17) is 0 Å². The van der Waals surface area contributed by atoms with Crippen molar-refractivity contribution in [3.8, 4) is 0 Å². The van der Waals surface area contributed by atoms with Gasteiger partial charge in [-0.3, -0.25) is 9.00 Å². The largest absolute Gasteiger partial charge is 0.298 e. The summed E-state index contributed by atoms with van der Waals surface area (Å²) in [6.45, 7) is 2.02. The summed E-state index contributed by atoms with van der Waals surface area (Å²) in [4.78, 5) is 13.4. The molecular formula is C17H18O2S. The van der Waals surface area contributed by atoms with E-state index in [1.807, 2.05) is 31.2 Å². The molecule has 1 unspecified atom stereocenters. The Morgan fingerprint density at radius 1 is 1.05 bits per heavy atom. The van der Waals surface area contributed by atoms with E-state index in [0.29, 0.717) is 17.8 Å². The molecule has 2 nitrogen and oxygen atoms in total. The first-order chi connectivity index (χ1) is 9.65. The van der Waals surface area contributed by atoms with Gasteiger partial charge in [-0.2, -0.15) is 0 Å². The van der Waals surface area contributed by atoms with E-state index in [0.717, 1.165) is 23.3 Å². The van der Waals surface area contributed by atoms with Crippen LogP contribution in [0.5, 0.6) is 0 Å². The molecule has 1 aromatic rings. The van der Waals surface area contributed by atoms with Crippen molar-refractivity contribution >= 4 is 16.6 Å². The van der Waals surface area contributed by atoms with Crippen molar-refractivity contribution in [3.63, 3.8) is 0 Å². The first-order valence-corrected chi connectivity index (χ1v) is 8.56. The second kappa shape index (κ2) is 4.39. The van der Waals surface area contributed by atoms with Gasteiger partial charge in [0.15, 0.2) is 5.78 Å².